The SMILES string of the molecule is CNc1ccc(-c2ccn(S(N)(=O)=O)c2C(=O)O)cn1. The lowest BCUT2D eigenvalue weighted by molar-refractivity contribution is 0.0690. The van der Waals surface area contributed by atoms with E-state index in [2.05, 4.69) is 10.3 Å². The van der Waals surface area contributed by atoms with Gasteiger partial charge in [-0.25, -0.2) is 18.9 Å². The van der Waals surface area contributed by atoms with Crippen LogP contribution in [0.15, 0.2) is 30.6 Å². The fourth-order valence-electron chi connectivity index (χ4n) is 1.77. The van der Waals surface area contributed by atoms with Gasteiger partial charge in [-0.15, -0.1) is 0 Å². The number of anilines is 1. The molecule has 0 fully saturated rings. The second kappa shape index (κ2) is 4.94. The lowest BCUT2D eigenvalue weighted by Crippen LogP contribution is -2.24. The number of nitrogens with one attached hydrogen (secondary N) is 1. The van der Waals surface area contributed by atoms with Gasteiger partial charge in [0, 0.05) is 30.6 Å². The van der Waals surface area contributed by atoms with Crippen LogP contribution in [0.3, 0.4) is 0 Å². The molecule has 2 rings (SSSR count). The first-order valence-corrected chi connectivity index (χ1v) is 6.97. The van der Waals surface area contributed by atoms with Crippen molar-refractivity contribution in [3.05, 3.63) is 36.3 Å². The maximum atomic E-state index is 11.4. The molecule has 0 aliphatic rings. The molecule has 0 aromatic carbocycles. The second-order valence-corrected chi connectivity index (χ2v) is 5.33. The summed E-state index contributed by atoms with van der Waals surface area (Å²) in [7, 11) is -2.48. The molecule has 2 aromatic rings. The number of hydrogen-bond donors (Lipinski definition) is 3. The number of nitrogens with two attached hydrogens (primary N) is 1. The second-order valence-electron chi connectivity index (χ2n) is 3.91. The summed E-state index contributed by atoms with van der Waals surface area (Å²) >= 11 is 0. The molecule has 0 radical (unpaired) electrons. The van der Waals surface area contributed by atoms with Crippen LogP contribution in [0.1, 0.15) is 10.5 Å². The van der Waals surface area contributed by atoms with Crippen molar-refractivity contribution in [2.75, 3.05) is 12.4 Å². The lowest BCUT2D eigenvalue weighted by atomic mass is 10.1. The molecule has 0 spiro atoms. The van der Waals surface area contributed by atoms with Crippen LogP contribution in [0.4, 0.5) is 5.82 Å². The number of rotatable bonds is 4. The molecule has 0 atom stereocenters. The fraction of sp³-hybridized carbons (Fsp3) is 0.0909. The molecule has 20 heavy (non-hydrogen) atoms. The van der Waals surface area contributed by atoms with Gasteiger partial charge in [0.15, 0.2) is 5.69 Å². The van der Waals surface area contributed by atoms with Crippen LogP contribution in [-0.4, -0.2) is 35.5 Å². The number of carboxylic acids is 1. The third-order valence-corrected chi connectivity index (χ3v) is 3.51. The van der Waals surface area contributed by atoms with E-state index in [0.717, 1.165) is 6.20 Å². The van der Waals surface area contributed by atoms with Crippen LogP contribution in [0.25, 0.3) is 11.1 Å². The minimum atomic E-state index is -4.18. The summed E-state index contributed by atoms with van der Waals surface area (Å²) in [6.07, 6.45) is 2.54. The molecule has 106 valence electrons. The third kappa shape index (κ3) is 2.49. The van der Waals surface area contributed by atoms with E-state index in [0.29, 0.717) is 15.4 Å². The molecule has 4 N–H and O–H groups in total. The number of pyridine rings is 1. The van der Waals surface area contributed by atoms with Crippen LogP contribution >= 0.6 is 0 Å². The Morgan fingerprint density at radius 3 is 2.55 bits per heavy atom. The molecule has 0 unspecified atom stereocenters. The summed E-state index contributed by atoms with van der Waals surface area (Å²) < 4.78 is 23.2. The van der Waals surface area contributed by atoms with Crippen molar-refractivity contribution in [2.24, 2.45) is 5.14 Å². The first kappa shape index (κ1) is 14.0. The van der Waals surface area contributed by atoms with Gasteiger partial charge in [-0.3, -0.25) is 0 Å². The van der Waals surface area contributed by atoms with Crippen LogP contribution in [0, 0.1) is 0 Å². The highest BCUT2D eigenvalue weighted by Gasteiger charge is 2.22. The van der Waals surface area contributed by atoms with Gasteiger partial charge in [-0.2, -0.15) is 8.42 Å². The maximum absolute atomic E-state index is 11.4. The molecular formula is C11H12N4O4S. The van der Waals surface area contributed by atoms with E-state index >= 15 is 0 Å². The van der Waals surface area contributed by atoms with E-state index < -0.39 is 21.9 Å². The van der Waals surface area contributed by atoms with Gasteiger partial charge in [0.1, 0.15) is 5.82 Å². The van der Waals surface area contributed by atoms with Gasteiger partial charge in [-0.05, 0) is 18.2 Å². The Labute approximate surface area is 115 Å². The fourth-order valence-corrected chi connectivity index (χ4v) is 2.43. The monoisotopic (exact) mass is 296 g/mol. The van der Waals surface area contributed by atoms with Gasteiger partial charge >= 0.3 is 16.2 Å². The molecule has 0 saturated heterocycles. The minimum Gasteiger partial charge on any atom is -0.477 e. The number of nitrogens with zero attached hydrogens (tertiary/aromatic N) is 2. The zero-order valence-corrected chi connectivity index (χ0v) is 11.3. The Morgan fingerprint density at radius 1 is 1.40 bits per heavy atom. The first-order valence-electron chi connectivity index (χ1n) is 5.46. The Morgan fingerprint density at radius 2 is 2.10 bits per heavy atom. The molecule has 9 heteroatoms. The molecular weight excluding hydrogens is 284 g/mol. The predicted molar refractivity (Wildman–Crippen MR) is 72.7 cm³/mol. The van der Waals surface area contributed by atoms with Crippen molar-refractivity contribution in [3.63, 3.8) is 0 Å². The highest BCUT2D eigenvalue weighted by Crippen LogP contribution is 2.25. The highest BCUT2D eigenvalue weighted by molar-refractivity contribution is 7.87. The van der Waals surface area contributed by atoms with E-state index in [1.165, 1.54) is 12.3 Å². The summed E-state index contributed by atoms with van der Waals surface area (Å²) in [6, 6.07) is 4.65. The largest absolute Gasteiger partial charge is 0.477 e. The Hall–Kier alpha value is -2.39. The molecule has 0 saturated carbocycles. The van der Waals surface area contributed by atoms with Crippen molar-refractivity contribution >= 4 is 22.0 Å². The molecule has 0 bridgehead atoms. The topological polar surface area (TPSA) is 127 Å². The van der Waals surface area contributed by atoms with Crippen molar-refractivity contribution in [3.8, 4) is 11.1 Å². The summed E-state index contributed by atoms with van der Waals surface area (Å²) in [4.78, 5) is 15.3. The Kier molecular flexibility index (Phi) is 3.47. The zero-order chi connectivity index (χ0) is 14.9. The predicted octanol–water partition coefficient (Wildman–Crippen LogP) is 0.342. The number of hydrogen-bond acceptors (Lipinski definition) is 5. The van der Waals surface area contributed by atoms with E-state index in [1.54, 1.807) is 19.2 Å². The van der Waals surface area contributed by atoms with E-state index in [9.17, 15) is 18.3 Å². The van der Waals surface area contributed by atoms with Crippen LogP contribution in [0.2, 0.25) is 0 Å². The van der Waals surface area contributed by atoms with E-state index in [4.69, 9.17) is 5.14 Å². The maximum Gasteiger partial charge on any atom is 0.354 e. The van der Waals surface area contributed by atoms with Crippen LogP contribution in [0.5, 0.6) is 0 Å². The molecule has 2 heterocycles. The van der Waals surface area contributed by atoms with Gasteiger partial charge in [0.25, 0.3) is 0 Å². The van der Waals surface area contributed by atoms with Gasteiger partial charge < -0.3 is 10.4 Å². The van der Waals surface area contributed by atoms with Crippen molar-refractivity contribution in [1.29, 1.82) is 0 Å². The average molecular weight is 296 g/mol. The summed E-state index contributed by atoms with van der Waals surface area (Å²) in [6.45, 7) is 0. The molecule has 2 aromatic heterocycles. The number of carbonyl (C=O) groups is 1. The quantitative estimate of drug-likeness (QED) is 0.746. The van der Waals surface area contributed by atoms with Crippen LogP contribution in [-0.2, 0) is 10.2 Å². The number of aromatic carboxylic acids is 1. The highest BCUT2D eigenvalue weighted by atomic mass is 32.2. The Bertz CT molecular complexity index is 749. The van der Waals surface area contributed by atoms with Gasteiger partial charge in [0.05, 0.1) is 0 Å². The molecule has 0 amide bonds. The normalized spacial score (nSPS) is 11.3. The molecule has 0 aliphatic carbocycles. The molecule has 8 nitrogen and oxygen atoms in total. The minimum absolute atomic E-state index is 0.224. The summed E-state index contributed by atoms with van der Waals surface area (Å²) in [5.74, 6) is -0.784. The number of carboxylic acid groups (broad SMARTS) is 1. The van der Waals surface area contributed by atoms with Crippen LogP contribution < -0.4 is 10.5 Å². The van der Waals surface area contributed by atoms with E-state index in [-0.39, 0.29) is 5.56 Å². The average Bonchev–Trinajstić information content (AvgIpc) is 2.83. The smallest absolute Gasteiger partial charge is 0.354 e. The third-order valence-electron chi connectivity index (χ3n) is 2.66. The van der Waals surface area contributed by atoms with E-state index in [1.807, 2.05) is 0 Å². The number of aromatic nitrogens is 2. The van der Waals surface area contributed by atoms with Gasteiger partial charge in [-0.1, -0.05) is 0 Å². The standard InChI is InChI=1S/C11H12N4O4S/c1-13-9-3-2-7(6-14-9)8-4-5-15(20(12,18)19)10(8)11(16)17/h2-6H,1H3,(H,13,14)(H,16,17)(H2,12,18,19). The zero-order valence-electron chi connectivity index (χ0n) is 10.4. The van der Waals surface area contributed by atoms with Gasteiger partial charge in [0.2, 0.25) is 0 Å². The Balaban J connectivity index is 2.62. The summed E-state index contributed by atoms with van der Waals surface area (Å²) in [5, 5.41) is 17.0. The first-order chi connectivity index (χ1) is 9.34. The lowest BCUT2D eigenvalue weighted by Gasteiger charge is -2.06. The van der Waals surface area contributed by atoms with Crippen molar-refractivity contribution in [2.45, 2.75) is 0 Å². The van der Waals surface area contributed by atoms with Crippen molar-refractivity contribution < 1.29 is 18.3 Å². The molecule has 0 aliphatic heterocycles. The van der Waals surface area contributed by atoms with Crippen molar-refractivity contribution in [1.82, 2.24) is 8.96 Å². The summed E-state index contributed by atoms with van der Waals surface area (Å²) in [5.41, 5.74) is 0.275.